The molecule has 0 saturated heterocycles. The number of carbonyl (C=O) groups is 1. The van der Waals surface area contributed by atoms with E-state index in [2.05, 4.69) is 10.6 Å². The standard InChI is InChI=1S/C15H15ClN2O/c16-13-7-4-8-14(9-13)18-15(19)11-17-10-12-5-2-1-3-6-12/h1-9,17H,10-11H2,(H,18,19). The van der Waals surface area contributed by atoms with Crippen molar-refractivity contribution in [3.63, 3.8) is 0 Å². The first-order chi connectivity index (χ1) is 9.24. The molecule has 2 N–H and O–H groups in total. The fourth-order valence-corrected chi connectivity index (χ4v) is 1.88. The summed E-state index contributed by atoms with van der Waals surface area (Å²) >= 11 is 5.85. The van der Waals surface area contributed by atoms with Crippen molar-refractivity contribution in [2.75, 3.05) is 11.9 Å². The van der Waals surface area contributed by atoms with E-state index >= 15 is 0 Å². The number of anilines is 1. The number of benzene rings is 2. The van der Waals surface area contributed by atoms with Gasteiger partial charge in [0.05, 0.1) is 6.54 Å². The maximum atomic E-state index is 11.7. The van der Waals surface area contributed by atoms with E-state index in [0.29, 0.717) is 17.3 Å². The van der Waals surface area contributed by atoms with E-state index in [1.807, 2.05) is 30.3 Å². The van der Waals surface area contributed by atoms with Gasteiger partial charge in [-0.05, 0) is 23.8 Å². The zero-order valence-corrected chi connectivity index (χ0v) is 11.2. The van der Waals surface area contributed by atoms with Crippen LogP contribution in [0.15, 0.2) is 54.6 Å². The average molecular weight is 275 g/mol. The summed E-state index contributed by atoms with van der Waals surface area (Å²) in [5.41, 5.74) is 1.86. The maximum absolute atomic E-state index is 11.7. The lowest BCUT2D eigenvalue weighted by Gasteiger charge is -2.07. The normalized spacial score (nSPS) is 10.2. The van der Waals surface area contributed by atoms with Gasteiger partial charge >= 0.3 is 0 Å². The van der Waals surface area contributed by atoms with E-state index in [0.717, 1.165) is 5.56 Å². The van der Waals surface area contributed by atoms with Gasteiger partial charge < -0.3 is 10.6 Å². The summed E-state index contributed by atoms with van der Waals surface area (Å²) in [6.45, 7) is 0.936. The van der Waals surface area contributed by atoms with Crippen molar-refractivity contribution in [2.24, 2.45) is 0 Å². The summed E-state index contributed by atoms with van der Waals surface area (Å²) < 4.78 is 0. The monoisotopic (exact) mass is 274 g/mol. The van der Waals surface area contributed by atoms with E-state index < -0.39 is 0 Å². The fraction of sp³-hybridized carbons (Fsp3) is 0.133. The molecule has 98 valence electrons. The molecule has 0 radical (unpaired) electrons. The molecule has 2 rings (SSSR count). The second kappa shape index (κ2) is 6.92. The minimum atomic E-state index is -0.0850. The highest BCUT2D eigenvalue weighted by molar-refractivity contribution is 6.30. The summed E-state index contributed by atoms with van der Waals surface area (Å²) in [5.74, 6) is -0.0850. The van der Waals surface area contributed by atoms with E-state index in [1.165, 1.54) is 0 Å². The lowest BCUT2D eigenvalue weighted by Crippen LogP contribution is -2.27. The molecule has 0 unspecified atom stereocenters. The Morgan fingerprint density at radius 3 is 2.58 bits per heavy atom. The van der Waals surface area contributed by atoms with Gasteiger partial charge in [-0.3, -0.25) is 4.79 Å². The molecule has 3 nitrogen and oxygen atoms in total. The van der Waals surface area contributed by atoms with Gasteiger partial charge in [-0.1, -0.05) is 48.0 Å². The molecule has 2 aromatic carbocycles. The van der Waals surface area contributed by atoms with Crippen LogP contribution in [-0.2, 0) is 11.3 Å². The zero-order valence-electron chi connectivity index (χ0n) is 10.4. The third-order valence-corrected chi connectivity index (χ3v) is 2.80. The fourth-order valence-electron chi connectivity index (χ4n) is 1.69. The molecule has 4 heteroatoms. The van der Waals surface area contributed by atoms with Gasteiger partial charge in [0.15, 0.2) is 0 Å². The Labute approximate surface area is 117 Å². The largest absolute Gasteiger partial charge is 0.325 e. The third kappa shape index (κ3) is 4.73. The highest BCUT2D eigenvalue weighted by Gasteiger charge is 2.02. The van der Waals surface area contributed by atoms with E-state index in [-0.39, 0.29) is 12.5 Å². The van der Waals surface area contributed by atoms with Crippen LogP contribution < -0.4 is 10.6 Å². The van der Waals surface area contributed by atoms with Crippen LogP contribution in [-0.4, -0.2) is 12.5 Å². The van der Waals surface area contributed by atoms with Gasteiger partial charge in [-0.2, -0.15) is 0 Å². The molecule has 0 saturated carbocycles. The van der Waals surface area contributed by atoms with Crippen molar-refractivity contribution in [1.82, 2.24) is 5.32 Å². The number of nitrogens with one attached hydrogen (secondary N) is 2. The van der Waals surface area contributed by atoms with Crippen LogP contribution in [0.3, 0.4) is 0 Å². The molecule has 0 aliphatic heterocycles. The average Bonchev–Trinajstić information content (AvgIpc) is 2.40. The molecule has 2 aromatic rings. The first-order valence-electron chi connectivity index (χ1n) is 6.04. The van der Waals surface area contributed by atoms with Crippen LogP contribution >= 0.6 is 11.6 Å². The van der Waals surface area contributed by atoms with Crippen LogP contribution in [0.4, 0.5) is 5.69 Å². The Morgan fingerprint density at radius 2 is 1.84 bits per heavy atom. The van der Waals surface area contributed by atoms with E-state index in [4.69, 9.17) is 11.6 Å². The highest BCUT2D eigenvalue weighted by Crippen LogP contribution is 2.14. The first kappa shape index (κ1) is 13.6. The predicted octanol–water partition coefficient (Wildman–Crippen LogP) is 3.07. The Morgan fingerprint density at radius 1 is 1.05 bits per heavy atom. The van der Waals surface area contributed by atoms with Crippen LogP contribution in [0.5, 0.6) is 0 Å². The third-order valence-electron chi connectivity index (χ3n) is 2.57. The molecule has 1 amide bonds. The molecular weight excluding hydrogens is 260 g/mol. The van der Waals surface area contributed by atoms with E-state index in [9.17, 15) is 4.79 Å². The van der Waals surface area contributed by atoms with E-state index in [1.54, 1.807) is 24.3 Å². The Balaban J connectivity index is 1.76. The van der Waals surface area contributed by atoms with Crippen LogP contribution in [0.1, 0.15) is 5.56 Å². The highest BCUT2D eigenvalue weighted by atomic mass is 35.5. The molecule has 0 bridgehead atoms. The Bertz CT molecular complexity index is 543. The van der Waals surface area contributed by atoms with Gasteiger partial charge in [-0.15, -0.1) is 0 Å². The Kier molecular flexibility index (Phi) is 4.95. The number of hydrogen-bond donors (Lipinski definition) is 2. The second-order valence-corrected chi connectivity index (χ2v) is 4.58. The van der Waals surface area contributed by atoms with Gasteiger partial charge in [-0.25, -0.2) is 0 Å². The summed E-state index contributed by atoms with van der Waals surface area (Å²) in [7, 11) is 0. The Hall–Kier alpha value is -1.84. The zero-order chi connectivity index (χ0) is 13.5. The first-order valence-corrected chi connectivity index (χ1v) is 6.42. The molecular formula is C15H15ClN2O. The summed E-state index contributed by atoms with van der Waals surface area (Å²) in [4.78, 5) is 11.7. The molecule has 0 spiro atoms. The smallest absolute Gasteiger partial charge is 0.238 e. The number of rotatable bonds is 5. The molecule has 0 fully saturated rings. The van der Waals surface area contributed by atoms with Crippen molar-refractivity contribution >= 4 is 23.2 Å². The minimum absolute atomic E-state index is 0.0850. The molecule has 19 heavy (non-hydrogen) atoms. The summed E-state index contributed by atoms with van der Waals surface area (Å²) in [6.07, 6.45) is 0. The molecule has 0 atom stereocenters. The topological polar surface area (TPSA) is 41.1 Å². The number of halogens is 1. The van der Waals surface area contributed by atoms with Crippen molar-refractivity contribution < 1.29 is 4.79 Å². The van der Waals surface area contributed by atoms with Gasteiger partial charge in [0.25, 0.3) is 0 Å². The molecule has 0 aliphatic carbocycles. The number of amides is 1. The lowest BCUT2D eigenvalue weighted by molar-refractivity contribution is -0.115. The summed E-state index contributed by atoms with van der Waals surface area (Å²) in [6, 6.07) is 17.0. The molecule has 0 aromatic heterocycles. The quantitative estimate of drug-likeness (QED) is 0.880. The van der Waals surface area contributed by atoms with Crippen LogP contribution in [0.25, 0.3) is 0 Å². The SMILES string of the molecule is O=C(CNCc1ccccc1)Nc1cccc(Cl)c1. The van der Waals surface area contributed by atoms with Gasteiger partial charge in [0, 0.05) is 17.3 Å². The van der Waals surface area contributed by atoms with Gasteiger partial charge in [0.2, 0.25) is 5.91 Å². The minimum Gasteiger partial charge on any atom is -0.325 e. The van der Waals surface area contributed by atoms with Crippen LogP contribution in [0, 0.1) is 0 Å². The number of hydrogen-bond acceptors (Lipinski definition) is 2. The second-order valence-electron chi connectivity index (χ2n) is 4.15. The number of carbonyl (C=O) groups excluding carboxylic acids is 1. The lowest BCUT2D eigenvalue weighted by atomic mass is 10.2. The van der Waals surface area contributed by atoms with Gasteiger partial charge in [0.1, 0.15) is 0 Å². The van der Waals surface area contributed by atoms with Crippen molar-refractivity contribution in [2.45, 2.75) is 6.54 Å². The van der Waals surface area contributed by atoms with Crippen LogP contribution in [0.2, 0.25) is 5.02 Å². The van der Waals surface area contributed by atoms with Crippen molar-refractivity contribution in [3.8, 4) is 0 Å². The van der Waals surface area contributed by atoms with Crippen molar-refractivity contribution in [3.05, 3.63) is 65.2 Å². The predicted molar refractivity (Wildman–Crippen MR) is 78.2 cm³/mol. The summed E-state index contributed by atoms with van der Waals surface area (Å²) in [5, 5.41) is 6.48. The molecule has 0 heterocycles. The molecule has 0 aliphatic rings. The van der Waals surface area contributed by atoms with Crippen molar-refractivity contribution in [1.29, 1.82) is 0 Å². The maximum Gasteiger partial charge on any atom is 0.238 e.